The summed E-state index contributed by atoms with van der Waals surface area (Å²) in [6, 6.07) is 5.40. The number of nitrogens with one attached hydrogen (secondary N) is 1. The van der Waals surface area contributed by atoms with Crippen molar-refractivity contribution in [2.45, 2.75) is 19.1 Å². The van der Waals surface area contributed by atoms with Gasteiger partial charge in [-0.25, -0.2) is 5.43 Å². The van der Waals surface area contributed by atoms with Crippen LogP contribution in [0.4, 0.5) is 0 Å². The molecule has 7 heteroatoms. The lowest BCUT2D eigenvalue weighted by Crippen LogP contribution is -2.33. The van der Waals surface area contributed by atoms with E-state index in [0.717, 1.165) is 0 Å². The third-order valence-electron chi connectivity index (χ3n) is 3.21. The lowest BCUT2D eigenvalue weighted by Gasteiger charge is -2.20. The third-order valence-corrected chi connectivity index (χ3v) is 3.21. The van der Waals surface area contributed by atoms with Crippen LogP contribution in [-0.4, -0.2) is 45.3 Å². The smallest absolute Gasteiger partial charge is 0.245 e. The molecular weight excluding hydrogens is 288 g/mol. The fourth-order valence-electron chi connectivity index (χ4n) is 2.18. The Kier molecular flexibility index (Phi) is 5.35. The van der Waals surface area contributed by atoms with E-state index in [2.05, 4.69) is 10.5 Å². The maximum absolute atomic E-state index is 11.8. The molecule has 1 aliphatic heterocycles. The number of hydrazone groups is 1. The van der Waals surface area contributed by atoms with E-state index in [1.165, 1.54) is 6.21 Å². The molecule has 22 heavy (non-hydrogen) atoms. The van der Waals surface area contributed by atoms with Crippen molar-refractivity contribution in [3.8, 4) is 11.5 Å². The standard InChI is InChI=1S/C15H20N2O5/c1-15(21-7-8-22-15)9-13(18)17-16-10-11-5-4-6-12(19-2)14(11)20-3/h4-6,10H,7-9H2,1-3H3,(H,17,18)/b16-10-. The first-order valence-corrected chi connectivity index (χ1v) is 6.89. The zero-order valence-electron chi connectivity index (χ0n) is 12.9. The average Bonchev–Trinajstić information content (AvgIpc) is 2.92. The number of methoxy groups -OCH3 is 2. The highest BCUT2D eigenvalue weighted by Gasteiger charge is 2.33. The molecule has 1 amide bonds. The summed E-state index contributed by atoms with van der Waals surface area (Å²) in [4.78, 5) is 11.8. The first-order chi connectivity index (χ1) is 10.6. The molecule has 120 valence electrons. The van der Waals surface area contributed by atoms with Crippen LogP contribution in [-0.2, 0) is 14.3 Å². The molecule has 1 aromatic carbocycles. The first-order valence-electron chi connectivity index (χ1n) is 6.89. The van der Waals surface area contributed by atoms with E-state index in [1.54, 1.807) is 27.2 Å². The average molecular weight is 308 g/mol. The number of hydrogen-bond acceptors (Lipinski definition) is 6. The molecule has 1 fully saturated rings. The molecule has 0 radical (unpaired) electrons. The molecular formula is C15H20N2O5. The van der Waals surface area contributed by atoms with Crippen LogP contribution >= 0.6 is 0 Å². The van der Waals surface area contributed by atoms with E-state index in [1.807, 2.05) is 12.1 Å². The molecule has 0 unspecified atom stereocenters. The van der Waals surface area contributed by atoms with Gasteiger partial charge in [0.1, 0.15) is 0 Å². The Morgan fingerprint density at radius 3 is 2.73 bits per heavy atom. The molecule has 2 rings (SSSR count). The normalized spacial score (nSPS) is 16.7. The van der Waals surface area contributed by atoms with Crippen LogP contribution in [0.15, 0.2) is 23.3 Å². The number of amides is 1. The topological polar surface area (TPSA) is 78.4 Å². The van der Waals surface area contributed by atoms with Crippen molar-refractivity contribution in [2.24, 2.45) is 5.10 Å². The highest BCUT2D eigenvalue weighted by Crippen LogP contribution is 2.29. The molecule has 0 aliphatic carbocycles. The molecule has 0 spiro atoms. The molecule has 0 saturated carbocycles. The summed E-state index contributed by atoms with van der Waals surface area (Å²) < 4.78 is 21.2. The van der Waals surface area contributed by atoms with Gasteiger partial charge in [0.15, 0.2) is 17.3 Å². The Hall–Kier alpha value is -2.12. The zero-order valence-corrected chi connectivity index (χ0v) is 12.9. The van der Waals surface area contributed by atoms with Crippen molar-refractivity contribution in [1.82, 2.24) is 5.43 Å². The number of carbonyl (C=O) groups is 1. The van der Waals surface area contributed by atoms with E-state index in [-0.39, 0.29) is 12.3 Å². The van der Waals surface area contributed by atoms with E-state index in [4.69, 9.17) is 18.9 Å². The molecule has 0 aromatic heterocycles. The molecule has 0 bridgehead atoms. The number of hydrogen-bond donors (Lipinski definition) is 1. The van der Waals surface area contributed by atoms with Gasteiger partial charge in [0.2, 0.25) is 5.91 Å². The molecule has 1 N–H and O–H groups in total. The van der Waals surface area contributed by atoms with Gasteiger partial charge in [0.05, 0.1) is 40.1 Å². The molecule has 0 atom stereocenters. The quantitative estimate of drug-likeness (QED) is 0.633. The Morgan fingerprint density at radius 1 is 1.36 bits per heavy atom. The largest absolute Gasteiger partial charge is 0.493 e. The number of rotatable bonds is 6. The van der Waals surface area contributed by atoms with Crippen molar-refractivity contribution in [2.75, 3.05) is 27.4 Å². The number of nitrogens with zero attached hydrogens (tertiary/aromatic N) is 1. The van der Waals surface area contributed by atoms with Gasteiger partial charge in [0, 0.05) is 5.56 Å². The number of benzene rings is 1. The summed E-state index contributed by atoms with van der Waals surface area (Å²) in [6.07, 6.45) is 1.58. The van der Waals surface area contributed by atoms with Crippen molar-refractivity contribution >= 4 is 12.1 Å². The fraction of sp³-hybridized carbons (Fsp3) is 0.467. The van der Waals surface area contributed by atoms with Crippen LogP contribution in [0.1, 0.15) is 18.9 Å². The van der Waals surface area contributed by atoms with Crippen LogP contribution < -0.4 is 14.9 Å². The summed E-state index contributed by atoms with van der Waals surface area (Å²) in [5.41, 5.74) is 3.14. The Morgan fingerprint density at radius 2 is 2.09 bits per heavy atom. The summed E-state index contributed by atoms with van der Waals surface area (Å²) in [6.45, 7) is 2.72. The Balaban J connectivity index is 1.96. The molecule has 1 heterocycles. The van der Waals surface area contributed by atoms with E-state index in [0.29, 0.717) is 30.3 Å². The second kappa shape index (κ2) is 7.24. The second-order valence-electron chi connectivity index (χ2n) is 4.88. The van der Waals surface area contributed by atoms with Crippen LogP contribution in [0.2, 0.25) is 0 Å². The molecule has 1 aliphatic rings. The van der Waals surface area contributed by atoms with E-state index in [9.17, 15) is 4.79 Å². The molecule has 7 nitrogen and oxygen atoms in total. The van der Waals surface area contributed by atoms with Crippen molar-refractivity contribution in [3.63, 3.8) is 0 Å². The lowest BCUT2D eigenvalue weighted by molar-refractivity contribution is -0.159. The minimum atomic E-state index is -0.868. The minimum Gasteiger partial charge on any atom is -0.493 e. The maximum Gasteiger partial charge on any atom is 0.245 e. The highest BCUT2D eigenvalue weighted by molar-refractivity contribution is 5.86. The maximum atomic E-state index is 11.8. The fourth-order valence-corrected chi connectivity index (χ4v) is 2.18. The van der Waals surface area contributed by atoms with Crippen molar-refractivity contribution in [3.05, 3.63) is 23.8 Å². The monoisotopic (exact) mass is 308 g/mol. The van der Waals surface area contributed by atoms with Crippen molar-refractivity contribution < 1.29 is 23.7 Å². The van der Waals surface area contributed by atoms with Gasteiger partial charge in [-0.05, 0) is 19.1 Å². The minimum absolute atomic E-state index is 0.0829. The predicted molar refractivity (Wildman–Crippen MR) is 80.2 cm³/mol. The van der Waals surface area contributed by atoms with E-state index < -0.39 is 5.79 Å². The van der Waals surface area contributed by atoms with Gasteiger partial charge in [0.25, 0.3) is 0 Å². The SMILES string of the molecule is COc1cccc(/C=N\NC(=O)CC2(C)OCCO2)c1OC. The summed E-state index contributed by atoms with van der Waals surface area (Å²) in [5, 5.41) is 3.93. The van der Waals surface area contributed by atoms with Crippen LogP contribution in [0.3, 0.4) is 0 Å². The van der Waals surface area contributed by atoms with Gasteiger partial charge >= 0.3 is 0 Å². The summed E-state index contributed by atoms with van der Waals surface area (Å²) in [7, 11) is 3.10. The van der Waals surface area contributed by atoms with Gasteiger partial charge in [-0.1, -0.05) is 6.07 Å². The lowest BCUT2D eigenvalue weighted by atomic mass is 10.2. The van der Waals surface area contributed by atoms with Crippen LogP contribution in [0.5, 0.6) is 11.5 Å². The van der Waals surface area contributed by atoms with Gasteiger partial charge in [-0.3, -0.25) is 4.79 Å². The third kappa shape index (κ3) is 3.96. The van der Waals surface area contributed by atoms with Gasteiger partial charge < -0.3 is 18.9 Å². The van der Waals surface area contributed by atoms with Gasteiger partial charge in [-0.2, -0.15) is 5.10 Å². The summed E-state index contributed by atoms with van der Waals surface area (Å²) in [5.74, 6) is -0.00856. The number of para-hydroxylation sites is 1. The predicted octanol–water partition coefficient (Wildman–Crippen LogP) is 1.31. The van der Waals surface area contributed by atoms with Crippen LogP contribution in [0.25, 0.3) is 0 Å². The Bertz CT molecular complexity index is 553. The van der Waals surface area contributed by atoms with Gasteiger partial charge in [-0.15, -0.1) is 0 Å². The highest BCUT2D eigenvalue weighted by atomic mass is 16.7. The summed E-state index contributed by atoms with van der Waals surface area (Å²) >= 11 is 0. The van der Waals surface area contributed by atoms with Crippen LogP contribution in [0, 0.1) is 0 Å². The van der Waals surface area contributed by atoms with Crippen molar-refractivity contribution in [1.29, 1.82) is 0 Å². The first kappa shape index (κ1) is 16.3. The van der Waals surface area contributed by atoms with E-state index >= 15 is 0 Å². The Labute approximate surface area is 129 Å². The number of ether oxygens (including phenoxy) is 4. The number of carbonyl (C=O) groups excluding carboxylic acids is 1. The second-order valence-corrected chi connectivity index (χ2v) is 4.88. The molecule has 1 saturated heterocycles. The zero-order chi connectivity index (χ0) is 16.0. The molecule has 1 aromatic rings.